The number of aryl methyl sites for hydroxylation is 1. The molecule has 1 aliphatic carbocycles. The number of carbonyl (C=O) groups excluding carboxylic acids is 3. The van der Waals surface area contributed by atoms with E-state index in [0.29, 0.717) is 37.4 Å². The lowest BCUT2D eigenvalue weighted by atomic mass is 9.64. The van der Waals surface area contributed by atoms with Crippen molar-refractivity contribution >= 4 is 40.2 Å². The molecule has 2 saturated heterocycles. The first-order valence-corrected chi connectivity index (χ1v) is 18.2. The average molecular weight is 655 g/mol. The van der Waals surface area contributed by atoms with Crippen molar-refractivity contribution in [1.82, 2.24) is 20.1 Å². The standard InChI is InChI=1S/C39H47ClN4O3/c40-30-14-15-34-32(26-30)31-18-23-44-37(46)29(25-35(45)41-20-17-28-12-6-2-7-13-28)24-33(38(47)43-21-8-3-9-22-43)39(44,36(31)42-34)19-16-27-10-4-1-5-11-27/h1,4-5,10-12,14-15,26,29,33,42H,2-3,6-9,13,16-25H2,(H,41,45)/t29-,33-,39+/m1/s1. The van der Waals surface area contributed by atoms with E-state index in [4.69, 9.17) is 11.6 Å². The number of rotatable bonds is 9. The van der Waals surface area contributed by atoms with Gasteiger partial charge in [0.15, 0.2) is 0 Å². The van der Waals surface area contributed by atoms with Gasteiger partial charge in [0.2, 0.25) is 17.7 Å². The number of carbonyl (C=O) groups is 3. The van der Waals surface area contributed by atoms with Crippen LogP contribution in [0.1, 0.15) is 87.4 Å². The molecule has 8 heteroatoms. The topological polar surface area (TPSA) is 85.5 Å². The first-order chi connectivity index (χ1) is 22.9. The zero-order valence-corrected chi connectivity index (χ0v) is 28.1. The number of fused-ring (bicyclic) bond motifs is 5. The molecular formula is C39H47ClN4O3. The Hall–Kier alpha value is -3.58. The molecule has 248 valence electrons. The first kappa shape index (κ1) is 32.0. The molecule has 1 aromatic heterocycles. The van der Waals surface area contributed by atoms with Crippen LogP contribution in [0.5, 0.6) is 0 Å². The quantitative estimate of drug-likeness (QED) is 0.242. The summed E-state index contributed by atoms with van der Waals surface area (Å²) in [6, 6.07) is 16.3. The molecule has 7 rings (SSSR count). The van der Waals surface area contributed by atoms with Gasteiger partial charge in [-0.2, -0.15) is 0 Å². The third kappa shape index (κ3) is 6.36. The fraction of sp³-hybridized carbons (Fsp3) is 0.513. The first-order valence-electron chi connectivity index (χ1n) is 17.8. The van der Waals surface area contributed by atoms with Crippen molar-refractivity contribution in [2.24, 2.45) is 11.8 Å². The lowest BCUT2D eigenvalue weighted by Crippen LogP contribution is -2.66. The van der Waals surface area contributed by atoms with Crippen molar-refractivity contribution in [1.29, 1.82) is 0 Å². The number of hydrogen-bond donors (Lipinski definition) is 2. The van der Waals surface area contributed by atoms with Gasteiger partial charge in [0, 0.05) is 60.1 Å². The monoisotopic (exact) mass is 654 g/mol. The number of hydrogen-bond acceptors (Lipinski definition) is 3. The molecule has 0 saturated carbocycles. The summed E-state index contributed by atoms with van der Waals surface area (Å²) in [5.74, 6) is -0.982. The highest BCUT2D eigenvalue weighted by atomic mass is 35.5. The van der Waals surface area contributed by atoms with E-state index in [1.807, 2.05) is 46.2 Å². The lowest BCUT2D eigenvalue weighted by molar-refractivity contribution is -0.167. The number of allylic oxidation sites excluding steroid dienone is 1. The van der Waals surface area contributed by atoms with Crippen LogP contribution < -0.4 is 5.32 Å². The Balaban J connectivity index is 1.25. The van der Waals surface area contributed by atoms with Crippen LogP contribution in [0, 0.1) is 11.8 Å². The summed E-state index contributed by atoms with van der Waals surface area (Å²) in [6.45, 7) is 2.59. The molecule has 3 amide bonds. The molecule has 3 aromatic rings. The van der Waals surface area contributed by atoms with E-state index in [9.17, 15) is 14.4 Å². The number of nitrogens with one attached hydrogen (secondary N) is 2. The summed E-state index contributed by atoms with van der Waals surface area (Å²) in [5.41, 5.74) is 4.87. The fourth-order valence-electron chi connectivity index (χ4n) is 8.89. The number of benzene rings is 2. The van der Waals surface area contributed by atoms with E-state index in [2.05, 4.69) is 28.5 Å². The van der Waals surface area contributed by atoms with Crippen molar-refractivity contribution in [3.05, 3.63) is 82.0 Å². The highest BCUT2D eigenvalue weighted by molar-refractivity contribution is 6.31. The predicted molar refractivity (Wildman–Crippen MR) is 186 cm³/mol. The average Bonchev–Trinajstić information content (AvgIpc) is 3.48. The maximum absolute atomic E-state index is 14.8. The molecule has 3 aliphatic heterocycles. The number of aromatic nitrogens is 1. The number of aromatic amines is 1. The third-order valence-electron chi connectivity index (χ3n) is 11.3. The summed E-state index contributed by atoms with van der Waals surface area (Å²) in [6.07, 6.45) is 13.5. The zero-order valence-electron chi connectivity index (χ0n) is 27.4. The molecule has 3 atom stereocenters. The molecule has 0 radical (unpaired) electrons. The number of halogens is 1. The third-order valence-corrected chi connectivity index (χ3v) is 11.5. The van der Waals surface area contributed by atoms with Crippen molar-refractivity contribution in [3.8, 4) is 0 Å². The molecule has 0 unspecified atom stereocenters. The summed E-state index contributed by atoms with van der Waals surface area (Å²) in [4.78, 5) is 50.6. The Morgan fingerprint density at radius 3 is 2.57 bits per heavy atom. The second kappa shape index (κ2) is 13.9. The number of amides is 3. The van der Waals surface area contributed by atoms with Gasteiger partial charge < -0.3 is 20.1 Å². The van der Waals surface area contributed by atoms with Gasteiger partial charge in [-0.25, -0.2) is 0 Å². The van der Waals surface area contributed by atoms with Crippen molar-refractivity contribution in [2.75, 3.05) is 26.2 Å². The van der Waals surface area contributed by atoms with E-state index in [-0.39, 0.29) is 24.1 Å². The molecule has 47 heavy (non-hydrogen) atoms. The summed E-state index contributed by atoms with van der Waals surface area (Å²) >= 11 is 6.50. The molecule has 0 bridgehead atoms. The fourth-order valence-corrected chi connectivity index (χ4v) is 9.06. The Labute approximate surface area is 283 Å². The number of H-pyrrole nitrogens is 1. The Bertz CT molecular complexity index is 1660. The number of nitrogens with zero attached hydrogens (tertiary/aromatic N) is 2. The largest absolute Gasteiger partial charge is 0.356 e. The van der Waals surface area contributed by atoms with Crippen LogP contribution in [0.4, 0.5) is 0 Å². The molecule has 4 aliphatic rings. The SMILES string of the molecule is O=C(C[C@H]1C[C@H](C(=O)N2CCCCC2)[C@@]2(CCc3ccccc3)c3[nH]c4ccc(Cl)cc4c3CCN2C1=O)NCCC1=CCCCC1. The van der Waals surface area contributed by atoms with Crippen LogP contribution >= 0.6 is 11.6 Å². The van der Waals surface area contributed by atoms with Gasteiger partial charge in [0.05, 0.1) is 11.5 Å². The van der Waals surface area contributed by atoms with Gasteiger partial charge in [-0.15, -0.1) is 0 Å². The number of piperidine rings is 2. The minimum Gasteiger partial charge on any atom is -0.356 e. The molecule has 7 nitrogen and oxygen atoms in total. The predicted octanol–water partition coefficient (Wildman–Crippen LogP) is 7.08. The summed E-state index contributed by atoms with van der Waals surface area (Å²) in [5, 5.41) is 4.85. The Morgan fingerprint density at radius 2 is 1.79 bits per heavy atom. The summed E-state index contributed by atoms with van der Waals surface area (Å²) < 4.78 is 0. The second-order valence-corrected chi connectivity index (χ2v) is 14.5. The van der Waals surface area contributed by atoms with E-state index in [0.717, 1.165) is 80.2 Å². The Morgan fingerprint density at radius 1 is 0.957 bits per heavy atom. The molecule has 2 N–H and O–H groups in total. The minimum absolute atomic E-state index is 0.00627. The highest BCUT2D eigenvalue weighted by Crippen LogP contribution is 2.53. The molecule has 4 heterocycles. The molecule has 2 fully saturated rings. The van der Waals surface area contributed by atoms with Crippen LogP contribution in [0.25, 0.3) is 10.9 Å². The van der Waals surface area contributed by atoms with Gasteiger partial charge in [0.25, 0.3) is 0 Å². The van der Waals surface area contributed by atoms with Crippen molar-refractivity contribution < 1.29 is 14.4 Å². The number of likely N-dealkylation sites (tertiary alicyclic amines) is 1. The maximum Gasteiger partial charge on any atom is 0.228 e. The van der Waals surface area contributed by atoms with Crippen LogP contribution in [0.3, 0.4) is 0 Å². The van der Waals surface area contributed by atoms with Gasteiger partial charge >= 0.3 is 0 Å². The summed E-state index contributed by atoms with van der Waals surface area (Å²) in [7, 11) is 0. The van der Waals surface area contributed by atoms with Crippen LogP contribution in [-0.4, -0.2) is 58.7 Å². The molecule has 2 aromatic carbocycles. The highest BCUT2D eigenvalue weighted by Gasteiger charge is 2.59. The van der Waals surface area contributed by atoms with Crippen LogP contribution in [-0.2, 0) is 32.8 Å². The van der Waals surface area contributed by atoms with Gasteiger partial charge in [-0.05, 0) is 106 Å². The smallest absolute Gasteiger partial charge is 0.228 e. The van der Waals surface area contributed by atoms with Crippen molar-refractivity contribution in [2.45, 2.75) is 89.0 Å². The van der Waals surface area contributed by atoms with E-state index in [1.54, 1.807) is 0 Å². The van der Waals surface area contributed by atoms with Crippen LogP contribution in [0.2, 0.25) is 5.02 Å². The van der Waals surface area contributed by atoms with Gasteiger partial charge in [-0.1, -0.05) is 53.6 Å². The van der Waals surface area contributed by atoms with E-state index >= 15 is 0 Å². The molecule has 0 spiro atoms. The van der Waals surface area contributed by atoms with Crippen LogP contribution in [0.15, 0.2) is 60.2 Å². The second-order valence-electron chi connectivity index (χ2n) is 14.1. The van der Waals surface area contributed by atoms with Crippen molar-refractivity contribution in [3.63, 3.8) is 0 Å². The van der Waals surface area contributed by atoms with E-state index in [1.165, 1.54) is 24.0 Å². The van der Waals surface area contributed by atoms with Gasteiger partial charge in [0.1, 0.15) is 0 Å². The maximum atomic E-state index is 14.8. The lowest BCUT2D eigenvalue weighted by Gasteiger charge is -2.56. The normalized spacial score (nSPS) is 24.4. The molecular weight excluding hydrogens is 608 g/mol. The van der Waals surface area contributed by atoms with Gasteiger partial charge in [-0.3, -0.25) is 14.4 Å². The van der Waals surface area contributed by atoms with E-state index < -0.39 is 17.4 Å². The minimum atomic E-state index is -0.846. The zero-order chi connectivity index (χ0) is 32.4. The Kier molecular flexibility index (Phi) is 9.44.